The van der Waals surface area contributed by atoms with Gasteiger partial charge in [-0.2, -0.15) is 0 Å². The molecule has 1 unspecified atom stereocenters. The highest BCUT2D eigenvalue weighted by molar-refractivity contribution is 5.86. The van der Waals surface area contributed by atoms with Gasteiger partial charge in [0.15, 0.2) is 0 Å². The Labute approximate surface area is 248 Å². The van der Waals surface area contributed by atoms with Crippen molar-refractivity contribution < 1.29 is 9.53 Å². The minimum absolute atomic E-state index is 0.275. The van der Waals surface area contributed by atoms with Gasteiger partial charge in [-0.1, -0.05) is 73.3 Å². The number of hydrogen-bond acceptors (Lipinski definition) is 3. The summed E-state index contributed by atoms with van der Waals surface area (Å²) in [5, 5.41) is 0. The van der Waals surface area contributed by atoms with E-state index in [1.807, 2.05) is 0 Å². The van der Waals surface area contributed by atoms with Crippen LogP contribution in [0.4, 0.5) is 0 Å². The molecule has 0 aromatic heterocycles. The molecule has 0 spiro atoms. The lowest BCUT2D eigenvalue weighted by atomic mass is 9.44. The molecule has 2 N–H and O–H groups in total. The Morgan fingerprint density at radius 2 is 1.65 bits per heavy atom. The quantitative estimate of drug-likeness (QED) is 0.182. The van der Waals surface area contributed by atoms with E-state index >= 15 is 0 Å². The average Bonchev–Trinajstić information content (AvgIpc) is 3.27. The second-order valence-corrected chi connectivity index (χ2v) is 16.2. The Bertz CT molecular complexity index is 851. The standard InChI is InChI=1S/C37H65NO2/c1-25(2)10-8-11-27(5)32-16-17-33-31-15-14-30-22-28(12-9-13-29(23-38)24-40-35(39)26(3)4)18-20-36(30,6)34(31)19-21-37(32,33)7/h25,27-34H,3,8-24,38H2,1-2,4-7H3/t27-,28+,29?,30+,31+,32-,33+,34+,36+,37-/m1/s1. The Morgan fingerprint density at radius 1 is 0.925 bits per heavy atom. The number of carbonyl (C=O) groups is 1. The van der Waals surface area contributed by atoms with Crippen LogP contribution >= 0.6 is 0 Å². The fourth-order valence-electron chi connectivity index (χ4n) is 10.9. The summed E-state index contributed by atoms with van der Waals surface area (Å²) in [6.45, 7) is 19.3. The predicted molar refractivity (Wildman–Crippen MR) is 169 cm³/mol. The first kappa shape index (κ1) is 32.1. The molecular formula is C37H65NO2. The van der Waals surface area contributed by atoms with Gasteiger partial charge < -0.3 is 10.5 Å². The third kappa shape index (κ3) is 6.86. The Kier molecular flexibility index (Phi) is 10.9. The molecule has 0 radical (unpaired) electrons. The van der Waals surface area contributed by atoms with E-state index in [2.05, 4.69) is 41.2 Å². The van der Waals surface area contributed by atoms with Crippen LogP contribution in [0.25, 0.3) is 0 Å². The SMILES string of the molecule is C=C(C)C(=O)OCC(CN)CCC[C@H]1CC[C@@]2(C)[C@@H](CC[C@@H]3[C@@H]2CC[C@]2(C)[C@@H]([C@H](C)CCCC(C)C)CC[C@@H]32)C1. The molecular weight excluding hydrogens is 490 g/mol. The van der Waals surface area contributed by atoms with Crippen LogP contribution < -0.4 is 5.73 Å². The third-order valence-electron chi connectivity index (χ3n) is 13.3. The van der Waals surface area contributed by atoms with Crippen LogP contribution in [0.1, 0.15) is 138 Å². The lowest BCUT2D eigenvalue weighted by Gasteiger charge is -2.61. The van der Waals surface area contributed by atoms with Crippen LogP contribution in [-0.4, -0.2) is 19.1 Å². The fourth-order valence-corrected chi connectivity index (χ4v) is 10.9. The van der Waals surface area contributed by atoms with Gasteiger partial charge in [-0.25, -0.2) is 4.79 Å². The number of esters is 1. The second-order valence-electron chi connectivity index (χ2n) is 16.2. The van der Waals surface area contributed by atoms with Crippen LogP contribution in [0.2, 0.25) is 0 Å². The van der Waals surface area contributed by atoms with E-state index in [1.54, 1.807) is 6.92 Å². The normalized spacial score (nSPS) is 38.7. The van der Waals surface area contributed by atoms with Crippen molar-refractivity contribution in [2.75, 3.05) is 13.2 Å². The molecule has 4 fully saturated rings. The lowest BCUT2D eigenvalue weighted by Crippen LogP contribution is -2.53. The zero-order valence-electron chi connectivity index (χ0n) is 27.3. The van der Waals surface area contributed by atoms with E-state index in [0.717, 1.165) is 53.8 Å². The van der Waals surface area contributed by atoms with Crippen molar-refractivity contribution in [1.29, 1.82) is 0 Å². The maximum atomic E-state index is 11.8. The van der Waals surface area contributed by atoms with Crippen molar-refractivity contribution in [3.05, 3.63) is 12.2 Å². The smallest absolute Gasteiger partial charge is 0.333 e. The first-order valence-corrected chi connectivity index (χ1v) is 17.5. The second kappa shape index (κ2) is 13.6. The maximum absolute atomic E-state index is 11.8. The molecule has 0 bridgehead atoms. The monoisotopic (exact) mass is 556 g/mol. The third-order valence-corrected chi connectivity index (χ3v) is 13.3. The number of fused-ring (bicyclic) bond motifs is 5. The molecule has 4 rings (SSSR count). The molecule has 4 aliphatic rings. The summed E-state index contributed by atoms with van der Waals surface area (Å²) >= 11 is 0. The highest BCUT2D eigenvalue weighted by atomic mass is 16.5. The van der Waals surface area contributed by atoms with Crippen LogP contribution in [0.5, 0.6) is 0 Å². The van der Waals surface area contributed by atoms with Gasteiger partial charge in [0.05, 0.1) is 6.61 Å². The van der Waals surface area contributed by atoms with Crippen molar-refractivity contribution in [2.24, 2.45) is 69.8 Å². The summed E-state index contributed by atoms with van der Waals surface area (Å²) in [5.41, 5.74) is 7.67. The first-order valence-electron chi connectivity index (χ1n) is 17.5. The summed E-state index contributed by atoms with van der Waals surface area (Å²) < 4.78 is 5.40. The van der Waals surface area contributed by atoms with E-state index in [-0.39, 0.29) is 11.9 Å². The van der Waals surface area contributed by atoms with E-state index in [4.69, 9.17) is 10.5 Å². The predicted octanol–water partition coefficient (Wildman–Crippen LogP) is 9.59. The number of nitrogens with two attached hydrogens (primary N) is 1. The van der Waals surface area contributed by atoms with Crippen LogP contribution in [0.15, 0.2) is 12.2 Å². The molecule has 3 nitrogen and oxygen atoms in total. The van der Waals surface area contributed by atoms with Crippen LogP contribution in [0, 0.1) is 64.1 Å². The summed E-state index contributed by atoms with van der Waals surface area (Å²) in [4.78, 5) is 11.8. The Hall–Kier alpha value is -0.830. The van der Waals surface area contributed by atoms with Gasteiger partial charge in [0, 0.05) is 11.5 Å². The minimum Gasteiger partial charge on any atom is -0.462 e. The van der Waals surface area contributed by atoms with Crippen molar-refractivity contribution in [1.82, 2.24) is 0 Å². The summed E-state index contributed by atoms with van der Waals surface area (Å²) in [6.07, 6.45) is 21.2. The molecule has 4 aliphatic carbocycles. The highest BCUT2D eigenvalue weighted by Crippen LogP contribution is 2.68. The molecule has 230 valence electrons. The van der Waals surface area contributed by atoms with Crippen molar-refractivity contribution in [2.45, 2.75) is 138 Å². The molecule has 0 heterocycles. The molecule has 0 aromatic rings. The summed E-state index contributed by atoms with van der Waals surface area (Å²) in [7, 11) is 0. The number of ether oxygens (including phenoxy) is 1. The highest BCUT2D eigenvalue weighted by Gasteiger charge is 2.60. The minimum atomic E-state index is -0.284. The average molecular weight is 556 g/mol. The largest absolute Gasteiger partial charge is 0.462 e. The van der Waals surface area contributed by atoms with E-state index in [0.29, 0.717) is 29.6 Å². The van der Waals surface area contributed by atoms with Gasteiger partial charge in [0.25, 0.3) is 0 Å². The first-order chi connectivity index (χ1) is 19.0. The zero-order chi connectivity index (χ0) is 29.1. The Morgan fingerprint density at radius 3 is 2.35 bits per heavy atom. The molecule has 0 aromatic carbocycles. The molecule has 0 aliphatic heterocycles. The molecule has 4 saturated carbocycles. The molecule has 0 saturated heterocycles. The topological polar surface area (TPSA) is 52.3 Å². The van der Waals surface area contributed by atoms with Gasteiger partial charge in [-0.3, -0.25) is 0 Å². The van der Waals surface area contributed by atoms with E-state index in [9.17, 15) is 4.79 Å². The van der Waals surface area contributed by atoms with E-state index < -0.39 is 0 Å². The number of hydrogen-bond donors (Lipinski definition) is 1. The fraction of sp³-hybridized carbons (Fsp3) is 0.919. The number of rotatable bonds is 13. The molecule has 10 atom stereocenters. The van der Waals surface area contributed by atoms with Gasteiger partial charge in [0.2, 0.25) is 0 Å². The van der Waals surface area contributed by atoms with E-state index in [1.165, 1.54) is 89.9 Å². The van der Waals surface area contributed by atoms with Crippen LogP contribution in [-0.2, 0) is 9.53 Å². The van der Waals surface area contributed by atoms with Gasteiger partial charge in [0.1, 0.15) is 0 Å². The molecule has 40 heavy (non-hydrogen) atoms. The zero-order valence-corrected chi connectivity index (χ0v) is 27.3. The van der Waals surface area contributed by atoms with Crippen molar-refractivity contribution in [3.8, 4) is 0 Å². The van der Waals surface area contributed by atoms with Crippen LogP contribution in [0.3, 0.4) is 0 Å². The van der Waals surface area contributed by atoms with Crippen molar-refractivity contribution >= 4 is 5.97 Å². The lowest BCUT2D eigenvalue weighted by molar-refractivity contribution is -0.140. The van der Waals surface area contributed by atoms with Gasteiger partial charge in [-0.05, 0) is 136 Å². The maximum Gasteiger partial charge on any atom is 0.333 e. The molecule has 0 amide bonds. The Balaban J connectivity index is 1.28. The molecule has 3 heteroatoms. The summed E-state index contributed by atoms with van der Waals surface area (Å²) in [6, 6.07) is 0. The van der Waals surface area contributed by atoms with Crippen molar-refractivity contribution in [3.63, 3.8) is 0 Å². The number of carbonyl (C=O) groups excluding carboxylic acids is 1. The van der Waals surface area contributed by atoms with Gasteiger partial charge in [-0.15, -0.1) is 0 Å². The summed E-state index contributed by atoms with van der Waals surface area (Å²) in [5.74, 6) is 7.49. The van der Waals surface area contributed by atoms with Gasteiger partial charge >= 0.3 is 5.97 Å².